The maximum Gasteiger partial charge on any atom is 0.258 e. The van der Waals surface area contributed by atoms with Crippen molar-refractivity contribution < 1.29 is 9.53 Å². The van der Waals surface area contributed by atoms with E-state index in [9.17, 15) is 4.79 Å². The molecule has 0 fully saturated rings. The van der Waals surface area contributed by atoms with Gasteiger partial charge in [-0.25, -0.2) is 4.68 Å². The first-order valence-electron chi connectivity index (χ1n) is 8.75. The van der Waals surface area contributed by atoms with Crippen molar-refractivity contribution in [1.82, 2.24) is 15.1 Å². The molecular weight excluding hydrogens is 338 g/mol. The number of benzene rings is 3. The highest BCUT2D eigenvalue weighted by Crippen LogP contribution is 2.20. The minimum atomic E-state index is -0.153. The Morgan fingerprint density at radius 2 is 1.78 bits per heavy atom. The number of hydrogen-bond donors (Lipinski definition) is 1. The van der Waals surface area contributed by atoms with Gasteiger partial charge in [-0.2, -0.15) is 5.10 Å². The van der Waals surface area contributed by atoms with E-state index in [1.165, 1.54) is 0 Å². The number of aromatic nitrogens is 2. The molecule has 0 aliphatic heterocycles. The van der Waals surface area contributed by atoms with E-state index in [0.717, 1.165) is 22.0 Å². The largest absolute Gasteiger partial charge is 0.484 e. The Bertz CT molecular complexity index is 1040. The molecule has 0 aliphatic carbocycles. The van der Waals surface area contributed by atoms with Gasteiger partial charge < -0.3 is 10.1 Å². The van der Waals surface area contributed by atoms with E-state index in [-0.39, 0.29) is 12.5 Å². The molecule has 1 amide bonds. The number of fused-ring (bicyclic) bond motifs is 1. The standard InChI is InChI=1S/C22H19N3O2/c26-22(16-27-21-11-8-18-4-1-2-5-19(18)14-21)23-15-17-6-9-20(10-7-17)25-13-3-12-24-25/h1-14H,15-16H2,(H,23,26). The van der Waals surface area contributed by atoms with E-state index in [4.69, 9.17) is 4.74 Å². The fraction of sp³-hybridized carbons (Fsp3) is 0.0909. The van der Waals surface area contributed by atoms with Crippen LogP contribution in [-0.4, -0.2) is 22.3 Å². The lowest BCUT2D eigenvalue weighted by atomic mass is 10.1. The summed E-state index contributed by atoms with van der Waals surface area (Å²) in [5.41, 5.74) is 2.00. The number of hydrogen-bond acceptors (Lipinski definition) is 3. The molecule has 0 radical (unpaired) electrons. The number of nitrogens with one attached hydrogen (secondary N) is 1. The maximum absolute atomic E-state index is 12.1. The molecule has 1 heterocycles. The summed E-state index contributed by atoms with van der Waals surface area (Å²) < 4.78 is 7.40. The van der Waals surface area contributed by atoms with E-state index in [2.05, 4.69) is 10.4 Å². The Balaban J connectivity index is 1.29. The first-order chi connectivity index (χ1) is 13.3. The number of ether oxygens (including phenoxy) is 1. The summed E-state index contributed by atoms with van der Waals surface area (Å²) in [5.74, 6) is 0.534. The van der Waals surface area contributed by atoms with E-state index < -0.39 is 0 Å². The lowest BCUT2D eigenvalue weighted by Crippen LogP contribution is -2.28. The van der Waals surface area contributed by atoms with Gasteiger partial charge in [0.1, 0.15) is 5.75 Å². The molecule has 4 rings (SSSR count). The van der Waals surface area contributed by atoms with E-state index >= 15 is 0 Å². The second-order valence-corrected chi connectivity index (χ2v) is 6.19. The summed E-state index contributed by atoms with van der Waals surface area (Å²) in [4.78, 5) is 12.1. The van der Waals surface area contributed by atoms with Gasteiger partial charge in [0.15, 0.2) is 6.61 Å². The van der Waals surface area contributed by atoms with Crippen molar-refractivity contribution in [2.24, 2.45) is 0 Å². The molecule has 1 aromatic heterocycles. The Kier molecular flexibility index (Phi) is 4.83. The van der Waals surface area contributed by atoms with E-state index in [1.54, 1.807) is 10.9 Å². The van der Waals surface area contributed by atoms with Crippen LogP contribution >= 0.6 is 0 Å². The third-order valence-electron chi connectivity index (χ3n) is 4.29. The highest BCUT2D eigenvalue weighted by molar-refractivity contribution is 5.84. The molecule has 5 heteroatoms. The highest BCUT2D eigenvalue weighted by Gasteiger charge is 2.04. The van der Waals surface area contributed by atoms with Crippen molar-refractivity contribution in [2.75, 3.05) is 6.61 Å². The first kappa shape index (κ1) is 16.8. The molecule has 0 spiro atoms. The summed E-state index contributed by atoms with van der Waals surface area (Å²) in [6.07, 6.45) is 3.63. The molecular formula is C22H19N3O2. The fourth-order valence-electron chi connectivity index (χ4n) is 2.85. The topological polar surface area (TPSA) is 56.1 Å². The van der Waals surface area contributed by atoms with Crippen LogP contribution in [0.25, 0.3) is 16.5 Å². The van der Waals surface area contributed by atoms with E-state index in [0.29, 0.717) is 12.3 Å². The molecule has 27 heavy (non-hydrogen) atoms. The smallest absolute Gasteiger partial charge is 0.258 e. The third-order valence-corrected chi connectivity index (χ3v) is 4.29. The SMILES string of the molecule is O=C(COc1ccc2ccccc2c1)NCc1ccc(-n2cccn2)cc1. The molecule has 0 saturated heterocycles. The minimum Gasteiger partial charge on any atom is -0.484 e. The zero-order valence-electron chi connectivity index (χ0n) is 14.7. The molecule has 4 aromatic rings. The van der Waals surface area contributed by atoms with Crippen LogP contribution in [-0.2, 0) is 11.3 Å². The average molecular weight is 357 g/mol. The van der Waals surface area contributed by atoms with Crippen LogP contribution in [0.15, 0.2) is 85.2 Å². The molecule has 3 aromatic carbocycles. The first-order valence-corrected chi connectivity index (χ1v) is 8.75. The molecule has 5 nitrogen and oxygen atoms in total. The van der Waals surface area contributed by atoms with Crippen molar-refractivity contribution in [3.05, 3.63) is 90.8 Å². The Morgan fingerprint density at radius 1 is 0.963 bits per heavy atom. The van der Waals surface area contributed by atoms with Crippen LogP contribution in [0.1, 0.15) is 5.56 Å². The molecule has 0 saturated carbocycles. The average Bonchev–Trinajstić information content (AvgIpc) is 3.26. The van der Waals surface area contributed by atoms with E-state index in [1.807, 2.05) is 79.0 Å². The Hall–Kier alpha value is -3.60. The predicted molar refractivity (Wildman–Crippen MR) is 105 cm³/mol. The van der Waals surface area contributed by atoms with Gasteiger partial charge in [-0.05, 0) is 46.7 Å². The van der Waals surface area contributed by atoms with Gasteiger partial charge in [-0.15, -0.1) is 0 Å². The molecule has 0 bridgehead atoms. The van der Waals surface area contributed by atoms with Crippen LogP contribution in [0.3, 0.4) is 0 Å². The van der Waals surface area contributed by atoms with Gasteiger partial charge in [0.05, 0.1) is 5.69 Å². The molecule has 134 valence electrons. The summed E-state index contributed by atoms with van der Waals surface area (Å²) in [5, 5.41) is 9.30. The van der Waals surface area contributed by atoms with Crippen molar-refractivity contribution in [1.29, 1.82) is 0 Å². The molecule has 0 unspecified atom stereocenters. The summed E-state index contributed by atoms with van der Waals surface area (Å²) in [7, 11) is 0. The summed E-state index contributed by atoms with van der Waals surface area (Å²) in [6, 6.07) is 23.6. The lowest BCUT2D eigenvalue weighted by Gasteiger charge is -2.09. The van der Waals surface area contributed by atoms with Gasteiger partial charge in [-0.1, -0.05) is 42.5 Å². The van der Waals surface area contributed by atoms with Crippen LogP contribution in [0.2, 0.25) is 0 Å². The molecule has 1 N–H and O–H groups in total. The van der Waals surface area contributed by atoms with Crippen molar-refractivity contribution in [3.8, 4) is 11.4 Å². The van der Waals surface area contributed by atoms with Gasteiger partial charge in [-0.3, -0.25) is 4.79 Å². The monoisotopic (exact) mass is 357 g/mol. The quantitative estimate of drug-likeness (QED) is 0.572. The number of carbonyl (C=O) groups is 1. The van der Waals surface area contributed by atoms with Crippen molar-refractivity contribution >= 4 is 16.7 Å². The minimum absolute atomic E-state index is 0.0102. The normalized spacial score (nSPS) is 10.7. The van der Waals surface area contributed by atoms with Crippen LogP contribution < -0.4 is 10.1 Å². The van der Waals surface area contributed by atoms with Gasteiger partial charge in [0, 0.05) is 18.9 Å². The number of nitrogens with zero attached hydrogens (tertiary/aromatic N) is 2. The van der Waals surface area contributed by atoms with Crippen LogP contribution in [0.4, 0.5) is 0 Å². The zero-order chi connectivity index (χ0) is 18.5. The Labute approximate surface area is 157 Å². The highest BCUT2D eigenvalue weighted by atomic mass is 16.5. The van der Waals surface area contributed by atoms with Gasteiger partial charge in [0.25, 0.3) is 5.91 Å². The molecule has 0 atom stereocenters. The number of rotatable bonds is 6. The fourth-order valence-corrected chi connectivity index (χ4v) is 2.85. The number of amides is 1. The third kappa shape index (κ3) is 4.15. The maximum atomic E-state index is 12.1. The van der Waals surface area contributed by atoms with Gasteiger partial charge in [0.2, 0.25) is 0 Å². The number of carbonyl (C=O) groups excluding carboxylic acids is 1. The Morgan fingerprint density at radius 3 is 2.56 bits per heavy atom. The summed E-state index contributed by atoms with van der Waals surface area (Å²) in [6.45, 7) is 0.447. The second kappa shape index (κ2) is 7.74. The molecule has 0 aliphatic rings. The summed E-state index contributed by atoms with van der Waals surface area (Å²) >= 11 is 0. The lowest BCUT2D eigenvalue weighted by molar-refractivity contribution is -0.123. The zero-order valence-corrected chi connectivity index (χ0v) is 14.7. The van der Waals surface area contributed by atoms with Crippen molar-refractivity contribution in [2.45, 2.75) is 6.54 Å². The second-order valence-electron chi connectivity index (χ2n) is 6.19. The van der Waals surface area contributed by atoms with Crippen LogP contribution in [0.5, 0.6) is 5.75 Å². The van der Waals surface area contributed by atoms with Crippen molar-refractivity contribution in [3.63, 3.8) is 0 Å². The van der Waals surface area contributed by atoms with Crippen LogP contribution in [0, 0.1) is 0 Å². The predicted octanol–water partition coefficient (Wildman–Crippen LogP) is 3.72. The van der Waals surface area contributed by atoms with Gasteiger partial charge >= 0.3 is 0 Å².